The van der Waals surface area contributed by atoms with Crippen LogP contribution in [0.2, 0.25) is 0 Å². The van der Waals surface area contributed by atoms with Gasteiger partial charge in [-0.3, -0.25) is 9.59 Å². The molecule has 3 aliphatic rings. The molecule has 0 aromatic heterocycles. The number of rotatable bonds is 3. The van der Waals surface area contributed by atoms with Gasteiger partial charge >= 0.3 is 0 Å². The molecule has 3 aliphatic carbocycles. The second-order valence-corrected chi connectivity index (χ2v) is 7.92. The third-order valence-corrected chi connectivity index (χ3v) is 6.14. The average molecular weight is 309 g/mol. The van der Waals surface area contributed by atoms with Crippen molar-refractivity contribution in [2.24, 2.45) is 23.2 Å². The van der Waals surface area contributed by atoms with Gasteiger partial charge in [0.1, 0.15) is 0 Å². The maximum atomic E-state index is 12.5. The molecule has 0 radical (unpaired) electrons. The quantitative estimate of drug-likeness (QED) is 0.870. The van der Waals surface area contributed by atoms with Gasteiger partial charge in [-0.05, 0) is 42.1 Å². The number of carbonyl (C=O) groups excluding carboxylic acids is 2. The van der Waals surface area contributed by atoms with E-state index in [0.717, 1.165) is 17.7 Å². The number of carbonyl (C=O) groups is 2. The molecule has 120 valence electrons. The smallest absolute Gasteiger partial charge is 0.227 e. The van der Waals surface area contributed by atoms with E-state index in [9.17, 15) is 9.59 Å². The Kier molecular flexibility index (Phi) is 3.06. The Balaban J connectivity index is 1.46. The fourth-order valence-electron chi connectivity index (χ4n) is 4.52. The number of ketones is 1. The molecule has 4 rings (SSSR count). The maximum Gasteiger partial charge on any atom is 0.227 e. The van der Waals surface area contributed by atoms with Crippen molar-refractivity contribution < 1.29 is 9.59 Å². The maximum absolute atomic E-state index is 12.5. The van der Waals surface area contributed by atoms with Crippen LogP contribution in [0.25, 0.3) is 0 Å². The summed E-state index contributed by atoms with van der Waals surface area (Å²) in [6.07, 6.45) is 1.56. The molecular weight excluding hydrogens is 286 g/mol. The van der Waals surface area contributed by atoms with Crippen LogP contribution in [0.15, 0.2) is 41.6 Å². The summed E-state index contributed by atoms with van der Waals surface area (Å²) in [5.41, 5.74) is 3.13. The van der Waals surface area contributed by atoms with Crippen molar-refractivity contribution >= 4 is 11.7 Å². The van der Waals surface area contributed by atoms with Gasteiger partial charge in [0.2, 0.25) is 5.91 Å². The van der Waals surface area contributed by atoms with Crippen LogP contribution < -0.4 is 5.32 Å². The molecule has 0 saturated heterocycles. The van der Waals surface area contributed by atoms with Gasteiger partial charge in [0.05, 0.1) is 0 Å². The zero-order chi connectivity index (χ0) is 16.4. The molecule has 3 saturated carbocycles. The number of Topliss-reactive ketones (excluding diaryl/α,β-unsaturated/α-hetero) is 1. The second kappa shape index (κ2) is 4.80. The van der Waals surface area contributed by atoms with Gasteiger partial charge in [-0.15, -0.1) is 0 Å². The lowest BCUT2D eigenvalue weighted by atomic mass is 9.95. The summed E-state index contributed by atoms with van der Waals surface area (Å²) in [7, 11) is 0. The van der Waals surface area contributed by atoms with Crippen molar-refractivity contribution in [3.8, 4) is 0 Å². The molecular formula is C20H23NO2. The highest BCUT2D eigenvalue weighted by Crippen LogP contribution is 2.68. The predicted molar refractivity (Wildman–Crippen MR) is 88.5 cm³/mol. The highest BCUT2D eigenvalue weighted by molar-refractivity contribution is 6.02. The standard InChI is InChI=1S/C20H23NO2/c1-11(17-16(22)10-15-18(17)20(15,2)3)21-19(23)14-9-13(14)12-7-5-4-6-8-12/h4-8,13-15,18H,9-10H2,1-3H3,(H,21,23)/b17-11+/t13-,14-,15-,18-/m1/s1. The molecule has 4 atom stereocenters. The molecule has 3 heteroatoms. The van der Waals surface area contributed by atoms with Crippen LogP contribution in [0.4, 0.5) is 0 Å². The van der Waals surface area contributed by atoms with Gasteiger partial charge in [0, 0.05) is 23.6 Å². The minimum absolute atomic E-state index is 0.0486. The van der Waals surface area contributed by atoms with E-state index in [-0.39, 0.29) is 23.0 Å². The van der Waals surface area contributed by atoms with Gasteiger partial charge in [-0.25, -0.2) is 0 Å². The van der Waals surface area contributed by atoms with E-state index in [4.69, 9.17) is 0 Å². The Bertz CT molecular complexity index is 716. The molecule has 0 aliphatic heterocycles. The summed E-state index contributed by atoms with van der Waals surface area (Å²) in [5, 5.41) is 3.03. The van der Waals surface area contributed by atoms with E-state index in [0.29, 0.717) is 24.2 Å². The molecule has 3 fully saturated rings. The Morgan fingerprint density at radius 1 is 1.22 bits per heavy atom. The number of hydrogen-bond acceptors (Lipinski definition) is 2. The van der Waals surface area contributed by atoms with E-state index in [1.807, 2.05) is 25.1 Å². The Labute approximate surface area is 137 Å². The lowest BCUT2D eigenvalue weighted by Gasteiger charge is -2.13. The molecule has 23 heavy (non-hydrogen) atoms. The molecule has 0 bridgehead atoms. The first-order valence-electron chi connectivity index (χ1n) is 8.51. The predicted octanol–water partition coefficient (Wildman–Crippen LogP) is 3.43. The van der Waals surface area contributed by atoms with Crippen molar-refractivity contribution in [3.63, 3.8) is 0 Å². The van der Waals surface area contributed by atoms with Crippen molar-refractivity contribution in [2.75, 3.05) is 0 Å². The van der Waals surface area contributed by atoms with Crippen molar-refractivity contribution in [3.05, 3.63) is 47.2 Å². The van der Waals surface area contributed by atoms with Gasteiger partial charge in [-0.2, -0.15) is 0 Å². The van der Waals surface area contributed by atoms with E-state index < -0.39 is 0 Å². The normalized spacial score (nSPS) is 35.5. The van der Waals surface area contributed by atoms with E-state index in [2.05, 4.69) is 31.3 Å². The number of amides is 1. The number of nitrogens with one attached hydrogen (secondary N) is 1. The first-order valence-corrected chi connectivity index (χ1v) is 8.51. The fourth-order valence-corrected chi connectivity index (χ4v) is 4.52. The SMILES string of the molecule is C/C(NC(=O)[C@@H]1C[C@@H]1c1ccccc1)=C1/C(=O)C[C@@H]2[C@H]1C2(C)C. The van der Waals surface area contributed by atoms with E-state index in [1.54, 1.807) is 0 Å². The highest BCUT2D eigenvalue weighted by Gasteiger charge is 2.65. The number of hydrogen-bond donors (Lipinski definition) is 1. The Morgan fingerprint density at radius 3 is 2.57 bits per heavy atom. The molecule has 3 nitrogen and oxygen atoms in total. The van der Waals surface area contributed by atoms with E-state index in [1.165, 1.54) is 5.56 Å². The van der Waals surface area contributed by atoms with Gasteiger partial charge in [-0.1, -0.05) is 44.2 Å². The summed E-state index contributed by atoms with van der Waals surface area (Å²) >= 11 is 0. The van der Waals surface area contributed by atoms with Crippen LogP contribution in [0.1, 0.15) is 45.1 Å². The molecule has 0 heterocycles. The second-order valence-electron chi connectivity index (χ2n) is 7.92. The van der Waals surface area contributed by atoms with Crippen molar-refractivity contribution in [2.45, 2.75) is 39.5 Å². The van der Waals surface area contributed by atoms with Gasteiger partial charge in [0.25, 0.3) is 0 Å². The summed E-state index contributed by atoms with van der Waals surface area (Å²) in [6, 6.07) is 10.2. The zero-order valence-corrected chi connectivity index (χ0v) is 13.9. The zero-order valence-electron chi connectivity index (χ0n) is 13.9. The Hall–Kier alpha value is -1.90. The van der Waals surface area contributed by atoms with Crippen LogP contribution >= 0.6 is 0 Å². The summed E-state index contributed by atoms with van der Waals surface area (Å²) in [5.74, 6) is 1.51. The topological polar surface area (TPSA) is 46.2 Å². The summed E-state index contributed by atoms with van der Waals surface area (Å²) < 4.78 is 0. The van der Waals surface area contributed by atoms with Crippen molar-refractivity contribution in [1.29, 1.82) is 0 Å². The monoisotopic (exact) mass is 309 g/mol. The number of fused-ring (bicyclic) bond motifs is 1. The molecule has 0 unspecified atom stereocenters. The Morgan fingerprint density at radius 2 is 1.91 bits per heavy atom. The lowest BCUT2D eigenvalue weighted by Crippen LogP contribution is -2.26. The third-order valence-electron chi connectivity index (χ3n) is 6.14. The van der Waals surface area contributed by atoms with Gasteiger partial charge in [0.15, 0.2) is 5.78 Å². The molecule has 0 spiro atoms. The first-order chi connectivity index (χ1) is 10.9. The number of allylic oxidation sites excluding steroid dienone is 2. The average Bonchev–Trinajstić information content (AvgIpc) is 3.36. The lowest BCUT2D eigenvalue weighted by molar-refractivity contribution is -0.121. The number of benzene rings is 1. The third kappa shape index (κ3) is 2.25. The molecule has 1 aromatic carbocycles. The van der Waals surface area contributed by atoms with Crippen LogP contribution in [0.3, 0.4) is 0 Å². The highest BCUT2D eigenvalue weighted by atomic mass is 16.2. The van der Waals surface area contributed by atoms with Crippen LogP contribution in [0, 0.1) is 23.2 Å². The summed E-state index contributed by atoms with van der Waals surface area (Å²) in [4.78, 5) is 24.7. The fraction of sp³-hybridized carbons (Fsp3) is 0.500. The summed E-state index contributed by atoms with van der Waals surface area (Å²) in [6.45, 7) is 6.33. The van der Waals surface area contributed by atoms with E-state index >= 15 is 0 Å². The largest absolute Gasteiger partial charge is 0.329 e. The van der Waals surface area contributed by atoms with Crippen LogP contribution in [-0.2, 0) is 9.59 Å². The minimum Gasteiger partial charge on any atom is -0.329 e. The first kappa shape index (κ1) is 14.7. The van der Waals surface area contributed by atoms with Crippen LogP contribution in [-0.4, -0.2) is 11.7 Å². The van der Waals surface area contributed by atoms with Gasteiger partial charge < -0.3 is 5.32 Å². The molecule has 1 N–H and O–H groups in total. The molecule has 1 aromatic rings. The van der Waals surface area contributed by atoms with Crippen LogP contribution in [0.5, 0.6) is 0 Å². The molecule has 1 amide bonds. The van der Waals surface area contributed by atoms with Crippen molar-refractivity contribution in [1.82, 2.24) is 5.32 Å². The minimum atomic E-state index is 0.0486.